The van der Waals surface area contributed by atoms with Crippen molar-refractivity contribution in [3.63, 3.8) is 0 Å². The van der Waals surface area contributed by atoms with E-state index in [2.05, 4.69) is 25.3 Å². The molecule has 0 radical (unpaired) electrons. The van der Waals surface area contributed by atoms with Gasteiger partial charge >= 0.3 is 5.91 Å². The van der Waals surface area contributed by atoms with Gasteiger partial charge in [0.25, 0.3) is 5.78 Å². The van der Waals surface area contributed by atoms with E-state index < -0.39 is 0 Å². The number of anilines is 1. The van der Waals surface area contributed by atoms with Gasteiger partial charge in [-0.05, 0) is 42.5 Å². The first-order valence-corrected chi connectivity index (χ1v) is 9.38. The summed E-state index contributed by atoms with van der Waals surface area (Å²) in [6.45, 7) is 5.82. The highest BCUT2D eigenvalue weighted by molar-refractivity contribution is 7.10. The quantitative estimate of drug-likeness (QED) is 0.868. The van der Waals surface area contributed by atoms with Gasteiger partial charge in [0.15, 0.2) is 6.67 Å². The van der Waals surface area contributed by atoms with Crippen LogP contribution in [0.25, 0.3) is 0 Å². The van der Waals surface area contributed by atoms with Gasteiger partial charge in [-0.15, -0.1) is 11.3 Å². The summed E-state index contributed by atoms with van der Waals surface area (Å²) in [5, 5.41) is 2.15. The largest absolute Gasteiger partial charge is 0.311 e. The van der Waals surface area contributed by atoms with Crippen LogP contribution in [0.1, 0.15) is 46.3 Å². The number of quaternary nitrogens is 1. The zero-order valence-electron chi connectivity index (χ0n) is 14.0. The highest BCUT2D eigenvalue weighted by Crippen LogP contribution is 2.30. The summed E-state index contributed by atoms with van der Waals surface area (Å²) in [5.74, 6) is -0.741. The minimum Gasteiger partial charge on any atom is -0.311 e. The number of aryl methyl sites for hydroxylation is 1. The molecular weight excluding hydrogens is 320 g/mol. The van der Waals surface area contributed by atoms with Gasteiger partial charge in [-0.1, -0.05) is 13.0 Å². The maximum Gasteiger partial charge on any atom is 0.303 e. The van der Waals surface area contributed by atoms with Crippen molar-refractivity contribution >= 4 is 28.7 Å². The second-order valence-electron chi connectivity index (χ2n) is 6.60. The predicted molar refractivity (Wildman–Crippen MR) is 94.8 cm³/mol. The van der Waals surface area contributed by atoms with Crippen LogP contribution in [0.3, 0.4) is 0 Å². The lowest BCUT2D eigenvalue weighted by molar-refractivity contribution is -0.930. The van der Waals surface area contributed by atoms with E-state index in [1.54, 1.807) is 4.90 Å². The first-order chi connectivity index (χ1) is 11.6. The smallest absolute Gasteiger partial charge is 0.303 e. The van der Waals surface area contributed by atoms with Crippen molar-refractivity contribution in [1.29, 1.82) is 0 Å². The second kappa shape index (κ2) is 5.83. The number of carbonyl (C=O) groups is 2. The van der Waals surface area contributed by atoms with Crippen LogP contribution in [0, 0.1) is 0 Å². The Kier molecular flexibility index (Phi) is 3.77. The van der Waals surface area contributed by atoms with Crippen LogP contribution >= 0.6 is 11.3 Å². The minimum absolute atomic E-state index is 0.349. The van der Waals surface area contributed by atoms with E-state index in [0.29, 0.717) is 18.3 Å². The molecule has 124 valence electrons. The molecule has 0 bridgehead atoms. The molecule has 24 heavy (non-hydrogen) atoms. The summed E-state index contributed by atoms with van der Waals surface area (Å²) in [6, 6.07) is 8.37. The molecule has 1 amide bonds. The summed E-state index contributed by atoms with van der Waals surface area (Å²) >= 11 is 1.82. The molecule has 0 saturated carbocycles. The van der Waals surface area contributed by atoms with Crippen molar-refractivity contribution in [2.75, 3.05) is 18.1 Å². The first-order valence-electron chi connectivity index (χ1n) is 8.50. The Bertz CT molecular complexity index is 827. The fraction of sp³-hybridized carbons (Fsp3) is 0.368. The number of fused-ring (bicyclic) bond motifs is 2. The van der Waals surface area contributed by atoms with Crippen LogP contribution < -0.4 is 9.80 Å². The molecule has 3 heterocycles. The summed E-state index contributed by atoms with van der Waals surface area (Å²) in [4.78, 5) is 29.3. The minimum atomic E-state index is -0.380. The van der Waals surface area contributed by atoms with Crippen molar-refractivity contribution in [1.82, 2.24) is 0 Å². The number of benzene rings is 1. The Morgan fingerprint density at radius 3 is 2.92 bits per heavy atom. The van der Waals surface area contributed by atoms with Crippen LogP contribution in [0.2, 0.25) is 0 Å². The standard InChI is InChI=1S/C19H20N2O2S/c1-3-13-4-5-16-15(10-13)18(22)19(23)21(16)11-20-8-6-17-14(12(20)2)7-9-24-17/h4-5,7,9-10,12H,3,6,8,11H2,1-2H3/p+1/t12-/m0/s1. The Morgan fingerprint density at radius 2 is 2.12 bits per heavy atom. The molecule has 1 aromatic carbocycles. The van der Waals surface area contributed by atoms with Gasteiger partial charge in [-0.2, -0.15) is 0 Å². The van der Waals surface area contributed by atoms with Crippen LogP contribution in [-0.4, -0.2) is 24.9 Å². The SMILES string of the molecule is CCc1ccc2c(c1)C(=O)C(=O)N2C[NH+]1CCc2sccc2[C@@H]1C. The number of amides is 1. The van der Waals surface area contributed by atoms with Crippen molar-refractivity contribution in [2.45, 2.75) is 32.7 Å². The molecule has 0 fully saturated rings. The molecule has 0 aliphatic carbocycles. The van der Waals surface area contributed by atoms with Gasteiger partial charge in [0, 0.05) is 16.9 Å². The Balaban J connectivity index is 1.62. The number of nitrogens with zero attached hydrogens (tertiary/aromatic N) is 1. The third kappa shape index (κ3) is 2.31. The normalized spacial score (nSPS) is 22.7. The summed E-state index contributed by atoms with van der Waals surface area (Å²) in [5.41, 5.74) is 3.83. The lowest BCUT2D eigenvalue weighted by Crippen LogP contribution is -3.14. The third-order valence-corrected chi connectivity index (χ3v) is 6.33. The number of hydrogen-bond donors (Lipinski definition) is 1. The highest BCUT2D eigenvalue weighted by Gasteiger charge is 2.39. The van der Waals surface area contributed by atoms with E-state index in [4.69, 9.17) is 0 Å². The molecule has 1 N–H and O–H groups in total. The van der Waals surface area contributed by atoms with Crippen molar-refractivity contribution in [3.8, 4) is 0 Å². The predicted octanol–water partition coefficient (Wildman–Crippen LogP) is 2.00. The molecule has 1 aromatic heterocycles. The zero-order chi connectivity index (χ0) is 16.8. The second-order valence-corrected chi connectivity index (χ2v) is 7.61. The summed E-state index contributed by atoms with van der Waals surface area (Å²) in [6.07, 6.45) is 1.91. The van der Waals surface area contributed by atoms with E-state index in [9.17, 15) is 9.59 Å². The van der Waals surface area contributed by atoms with Crippen molar-refractivity contribution in [2.24, 2.45) is 0 Å². The Morgan fingerprint density at radius 1 is 1.29 bits per heavy atom. The van der Waals surface area contributed by atoms with Crippen molar-refractivity contribution in [3.05, 3.63) is 51.2 Å². The van der Waals surface area contributed by atoms with E-state index >= 15 is 0 Å². The average molecular weight is 341 g/mol. The average Bonchev–Trinajstić information content (AvgIpc) is 3.16. The van der Waals surface area contributed by atoms with E-state index in [1.807, 2.05) is 29.5 Å². The number of hydrogen-bond acceptors (Lipinski definition) is 3. The van der Waals surface area contributed by atoms with Crippen LogP contribution in [-0.2, 0) is 17.6 Å². The highest BCUT2D eigenvalue weighted by atomic mass is 32.1. The number of Topliss-reactive ketones (excluding diaryl/α,β-unsaturated/α-hetero) is 1. The van der Waals surface area contributed by atoms with E-state index in [0.717, 1.165) is 30.6 Å². The number of ketones is 1. The number of carbonyl (C=O) groups excluding carboxylic acids is 2. The van der Waals surface area contributed by atoms with E-state index in [-0.39, 0.29) is 11.7 Å². The Hall–Kier alpha value is -1.98. The molecular formula is C19H21N2O2S+. The van der Waals surface area contributed by atoms with E-state index in [1.165, 1.54) is 15.3 Å². The molecule has 0 saturated heterocycles. The number of nitrogens with one attached hydrogen (secondary N) is 1. The molecule has 0 spiro atoms. The fourth-order valence-corrected chi connectivity index (χ4v) is 4.77. The summed E-state index contributed by atoms with van der Waals surface area (Å²) < 4.78 is 0. The lowest BCUT2D eigenvalue weighted by Gasteiger charge is -2.33. The number of rotatable bonds is 3. The molecule has 2 aliphatic rings. The van der Waals surface area contributed by atoms with Gasteiger partial charge in [-0.25, -0.2) is 0 Å². The molecule has 5 heteroatoms. The third-order valence-electron chi connectivity index (χ3n) is 5.34. The monoisotopic (exact) mass is 341 g/mol. The molecule has 2 atom stereocenters. The fourth-order valence-electron chi connectivity index (χ4n) is 3.79. The van der Waals surface area contributed by atoms with Crippen LogP contribution in [0.5, 0.6) is 0 Å². The molecule has 2 aromatic rings. The maximum atomic E-state index is 12.5. The lowest BCUT2D eigenvalue weighted by atomic mass is 10.0. The van der Waals surface area contributed by atoms with Crippen molar-refractivity contribution < 1.29 is 14.5 Å². The molecule has 2 aliphatic heterocycles. The van der Waals surface area contributed by atoms with Gasteiger partial charge in [0.05, 0.1) is 17.8 Å². The summed E-state index contributed by atoms with van der Waals surface area (Å²) in [7, 11) is 0. The topological polar surface area (TPSA) is 41.8 Å². The molecule has 4 rings (SSSR count). The maximum absolute atomic E-state index is 12.5. The first kappa shape index (κ1) is 15.5. The van der Waals surface area contributed by atoms with Gasteiger partial charge in [0.2, 0.25) is 0 Å². The van der Waals surface area contributed by atoms with Gasteiger partial charge in [0.1, 0.15) is 6.04 Å². The number of thiophene rings is 1. The Labute approximate surface area is 145 Å². The zero-order valence-corrected chi connectivity index (χ0v) is 14.8. The molecule has 1 unspecified atom stereocenters. The van der Waals surface area contributed by atoms with Gasteiger partial charge < -0.3 is 4.90 Å². The van der Waals surface area contributed by atoms with Crippen LogP contribution in [0.4, 0.5) is 5.69 Å². The van der Waals surface area contributed by atoms with Crippen LogP contribution in [0.15, 0.2) is 29.6 Å². The molecule has 4 nitrogen and oxygen atoms in total. The van der Waals surface area contributed by atoms with Gasteiger partial charge in [-0.3, -0.25) is 14.5 Å².